The van der Waals surface area contributed by atoms with Gasteiger partial charge in [-0.05, 0) is 24.1 Å². The van der Waals surface area contributed by atoms with Crippen molar-refractivity contribution in [3.05, 3.63) is 35.4 Å². The first-order valence-corrected chi connectivity index (χ1v) is 6.72. The van der Waals surface area contributed by atoms with E-state index in [4.69, 9.17) is 5.11 Å². The Bertz CT molecular complexity index is 412. The van der Waals surface area contributed by atoms with Crippen LogP contribution in [0.3, 0.4) is 0 Å². The van der Waals surface area contributed by atoms with E-state index in [9.17, 15) is 9.59 Å². The first kappa shape index (κ1) is 15.2. The number of carboxylic acid groups (broad SMARTS) is 1. The van der Waals surface area contributed by atoms with Crippen LogP contribution in [-0.4, -0.2) is 17.0 Å². The highest BCUT2D eigenvalue weighted by molar-refractivity contribution is 5.87. The number of hydrogen-bond donors (Lipinski definition) is 2. The first-order valence-electron chi connectivity index (χ1n) is 6.72. The Hall–Kier alpha value is -1.84. The largest absolute Gasteiger partial charge is 0.478 e. The van der Waals surface area contributed by atoms with Gasteiger partial charge in [-0.1, -0.05) is 38.3 Å². The van der Waals surface area contributed by atoms with Crippen LogP contribution in [0, 0.1) is 0 Å². The average Bonchev–Trinajstić information content (AvgIpc) is 2.42. The van der Waals surface area contributed by atoms with Crippen molar-refractivity contribution in [1.29, 1.82) is 0 Å². The topological polar surface area (TPSA) is 66.4 Å². The normalized spacial score (nSPS) is 10.2. The van der Waals surface area contributed by atoms with Crippen LogP contribution in [0.1, 0.15) is 54.9 Å². The Balaban J connectivity index is 2.28. The van der Waals surface area contributed by atoms with Gasteiger partial charge in [-0.2, -0.15) is 0 Å². The molecule has 0 bridgehead atoms. The highest BCUT2D eigenvalue weighted by atomic mass is 16.4. The fraction of sp³-hybridized carbons (Fsp3) is 0.467. The van der Waals surface area contributed by atoms with E-state index in [-0.39, 0.29) is 11.5 Å². The van der Waals surface area contributed by atoms with Crippen molar-refractivity contribution in [3.63, 3.8) is 0 Å². The Morgan fingerprint density at radius 1 is 1.11 bits per heavy atom. The summed E-state index contributed by atoms with van der Waals surface area (Å²) in [6.07, 6.45) is 4.92. The summed E-state index contributed by atoms with van der Waals surface area (Å²) < 4.78 is 0. The molecule has 0 aliphatic heterocycles. The maximum Gasteiger partial charge on any atom is 0.335 e. The van der Waals surface area contributed by atoms with Gasteiger partial charge in [-0.15, -0.1) is 0 Å². The molecule has 4 heteroatoms. The minimum atomic E-state index is -0.938. The molecule has 0 heterocycles. The molecule has 1 rings (SSSR count). The van der Waals surface area contributed by atoms with E-state index in [0.717, 1.165) is 24.8 Å². The molecular weight excluding hydrogens is 242 g/mol. The number of carbonyl (C=O) groups excluding carboxylic acids is 1. The standard InChI is InChI=1S/C15H21NO3/c1-2-3-4-5-6-14(17)16-11-12-7-9-13(10-8-12)15(18)19/h7-10H,2-6,11H2,1H3,(H,16,17)(H,18,19). The number of carbonyl (C=O) groups is 2. The smallest absolute Gasteiger partial charge is 0.335 e. The van der Waals surface area contributed by atoms with Crippen LogP contribution in [0.25, 0.3) is 0 Å². The minimum Gasteiger partial charge on any atom is -0.478 e. The van der Waals surface area contributed by atoms with E-state index in [1.165, 1.54) is 6.42 Å². The summed E-state index contributed by atoms with van der Waals surface area (Å²) in [7, 11) is 0. The van der Waals surface area contributed by atoms with Crippen molar-refractivity contribution in [2.45, 2.75) is 45.6 Å². The van der Waals surface area contributed by atoms with E-state index in [0.29, 0.717) is 13.0 Å². The zero-order valence-corrected chi connectivity index (χ0v) is 11.3. The van der Waals surface area contributed by atoms with Crippen LogP contribution in [0.5, 0.6) is 0 Å². The Kier molecular flexibility index (Phi) is 6.64. The van der Waals surface area contributed by atoms with Crippen molar-refractivity contribution in [1.82, 2.24) is 5.32 Å². The molecule has 1 aromatic rings. The van der Waals surface area contributed by atoms with E-state index in [1.807, 2.05) is 0 Å². The highest BCUT2D eigenvalue weighted by Crippen LogP contribution is 2.05. The number of carboxylic acids is 1. The molecule has 0 saturated carbocycles. The van der Waals surface area contributed by atoms with Gasteiger partial charge in [0.2, 0.25) is 5.91 Å². The lowest BCUT2D eigenvalue weighted by Crippen LogP contribution is -2.22. The zero-order valence-electron chi connectivity index (χ0n) is 11.3. The maximum atomic E-state index is 11.5. The van der Waals surface area contributed by atoms with Gasteiger partial charge >= 0.3 is 5.97 Å². The second-order valence-electron chi connectivity index (χ2n) is 4.59. The monoisotopic (exact) mass is 263 g/mol. The van der Waals surface area contributed by atoms with Crippen LogP contribution >= 0.6 is 0 Å². The van der Waals surface area contributed by atoms with Crippen LogP contribution < -0.4 is 5.32 Å². The molecule has 1 aromatic carbocycles. The average molecular weight is 263 g/mol. The summed E-state index contributed by atoms with van der Waals surface area (Å²) in [5.41, 5.74) is 1.17. The number of hydrogen-bond acceptors (Lipinski definition) is 2. The fourth-order valence-electron chi connectivity index (χ4n) is 1.77. The van der Waals surface area contributed by atoms with Crippen LogP contribution in [0.15, 0.2) is 24.3 Å². The van der Waals surface area contributed by atoms with E-state index in [1.54, 1.807) is 24.3 Å². The molecule has 0 spiro atoms. The summed E-state index contributed by atoms with van der Waals surface area (Å²) in [6, 6.07) is 6.54. The molecule has 2 N–H and O–H groups in total. The number of benzene rings is 1. The zero-order chi connectivity index (χ0) is 14.1. The third-order valence-corrected chi connectivity index (χ3v) is 2.95. The van der Waals surface area contributed by atoms with Gasteiger partial charge in [0.25, 0.3) is 0 Å². The third kappa shape index (κ3) is 6.04. The quantitative estimate of drug-likeness (QED) is 0.709. The number of amides is 1. The van der Waals surface area contributed by atoms with Crippen molar-refractivity contribution >= 4 is 11.9 Å². The number of unbranched alkanes of at least 4 members (excludes halogenated alkanes) is 3. The molecule has 1 amide bonds. The molecule has 19 heavy (non-hydrogen) atoms. The lowest BCUT2D eigenvalue weighted by Gasteiger charge is -2.05. The SMILES string of the molecule is CCCCCCC(=O)NCc1ccc(C(=O)O)cc1. The molecule has 0 saturated heterocycles. The maximum absolute atomic E-state index is 11.5. The molecule has 0 unspecified atom stereocenters. The molecule has 104 valence electrons. The first-order chi connectivity index (χ1) is 9.13. The molecular formula is C15H21NO3. The van der Waals surface area contributed by atoms with Crippen LogP contribution in [0.2, 0.25) is 0 Å². The lowest BCUT2D eigenvalue weighted by molar-refractivity contribution is -0.121. The van der Waals surface area contributed by atoms with Gasteiger partial charge in [-0.3, -0.25) is 4.79 Å². The van der Waals surface area contributed by atoms with Crippen LogP contribution in [0.4, 0.5) is 0 Å². The fourth-order valence-corrected chi connectivity index (χ4v) is 1.77. The second-order valence-corrected chi connectivity index (χ2v) is 4.59. The molecule has 0 fully saturated rings. The molecule has 4 nitrogen and oxygen atoms in total. The predicted octanol–water partition coefficient (Wildman–Crippen LogP) is 2.97. The molecule has 0 aromatic heterocycles. The lowest BCUT2D eigenvalue weighted by atomic mass is 10.1. The van der Waals surface area contributed by atoms with Gasteiger partial charge < -0.3 is 10.4 Å². The van der Waals surface area contributed by atoms with Crippen molar-refractivity contribution in [2.24, 2.45) is 0 Å². The summed E-state index contributed by atoms with van der Waals surface area (Å²) in [4.78, 5) is 22.2. The van der Waals surface area contributed by atoms with E-state index >= 15 is 0 Å². The second kappa shape index (κ2) is 8.29. The summed E-state index contributed by atoms with van der Waals surface area (Å²) in [6.45, 7) is 2.59. The van der Waals surface area contributed by atoms with Gasteiger partial charge in [0.15, 0.2) is 0 Å². The van der Waals surface area contributed by atoms with Crippen molar-refractivity contribution in [3.8, 4) is 0 Å². The van der Waals surface area contributed by atoms with Gasteiger partial charge in [0.05, 0.1) is 5.56 Å². The van der Waals surface area contributed by atoms with E-state index < -0.39 is 5.97 Å². The Morgan fingerprint density at radius 2 is 1.79 bits per heavy atom. The van der Waals surface area contributed by atoms with Gasteiger partial charge in [0.1, 0.15) is 0 Å². The third-order valence-electron chi connectivity index (χ3n) is 2.95. The summed E-state index contributed by atoms with van der Waals surface area (Å²) in [5, 5.41) is 11.6. The number of aromatic carboxylic acids is 1. The van der Waals surface area contributed by atoms with Crippen molar-refractivity contribution < 1.29 is 14.7 Å². The minimum absolute atomic E-state index is 0.0541. The number of nitrogens with one attached hydrogen (secondary N) is 1. The molecule has 0 aliphatic rings. The van der Waals surface area contributed by atoms with E-state index in [2.05, 4.69) is 12.2 Å². The van der Waals surface area contributed by atoms with Crippen molar-refractivity contribution in [2.75, 3.05) is 0 Å². The van der Waals surface area contributed by atoms with Gasteiger partial charge in [-0.25, -0.2) is 4.79 Å². The van der Waals surface area contributed by atoms with Gasteiger partial charge in [0, 0.05) is 13.0 Å². The highest BCUT2D eigenvalue weighted by Gasteiger charge is 2.03. The molecule has 0 radical (unpaired) electrons. The summed E-state index contributed by atoms with van der Waals surface area (Å²) >= 11 is 0. The summed E-state index contributed by atoms with van der Waals surface area (Å²) in [5.74, 6) is -0.884. The van der Waals surface area contributed by atoms with Crippen LogP contribution in [-0.2, 0) is 11.3 Å². The molecule has 0 atom stereocenters. The number of rotatable bonds is 8. The Morgan fingerprint density at radius 3 is 2.37 bits per heavy atom. The Labute approximate surface area is 113 Å². The molecule has 0 aliphatic carbocycles. The predicted molar refractivity (Wildman–Crippen MR) is 74.0 cm³/mol.